The normalized spacial score (nSPS) is 45.7. The number of amides is 1. The highest BCUT2D eigenvalue weighted by atomic mass is 16.1. The van der Waals surface area contributed by atoms with Gasteiger partial charge in [0.15, 0.2) is 0 Å². The molecule has 0 aromatic carbocycles. The van der Waals surface area contributed by atoms with Crippen LogP contribution in [0.3, 0.4) is 0 Å². The van der Waals surface area contributed by atoms with Crippen molar-refractivity contribution in [2.24, 2.45) is 28.6 Å². The van der Waals surface area contributed by atoms with Crippen molar-refractivity contribution < 1.29 is 4.79 Å². The van der Waals surface area contributed by atoms with E-state index in [9.17, 15) is 4.79 Å². The summed E-state index contributed by atoms with van der Waals surface area (Å²) in [5, 5.41) is 6.86. The van der Waals surface area contributed by atoms with Crippen LogP contribution < -0.4 is 10.6 Å². The zero-order valence-electron chi connectivity index (χ0n) is 14.3. The predicted octanol–water partition coefficient (Wildman–Crippen LogP) is 3.10. The summed E-state index contributed by atoms with van der Waals surface area (Å²) < 4.78 is 0. The fourth-order valence-electron chi connectivity index (χ4n) is 6.53. The van der Waals surface area contributed by atoms with Crippen LogP contribution in [0.25, 0.3) is 0 Å². The topological polar surface area (TPSA) is 41.1 Å². The van der Waals surface area contributed by atoms with Crippen LogP contribution in [0.1, 0.15) is 65.2 Å². The van der Waals surface area contributed by atoms with Crippen LogP contribution in [0, 0.1) is 28.6 Å². The molecule has 0 spiro atoms. The molecule has 1 heterocycles. The molecule has 1 atom stereocenters. The Labute approximate surface area is 135 Å². The SMILES string of the molecule is CC1(C)CNCCC1NC(=O)CC12CC3CC(CC(C3)C1)C2. The molecular formula is C19H32N2O. The Hall–Kier alpha value is -0.570. The van der Waals surface area contributed by atoms with Crippen molar-refractivity contribution >= 4 is 5.91 Å². The lowest BCUT2D eigenvalue weighted by Crippen LogP contribution is -2.55. The second-order valence-corrected chi connectivity index (χ2v) is 9.67. The summed E-state index contributed by atoms with van der Waals surface area (Å²) in [7, 11) is 0. The second-order valence-electron chi connectivity index (χ2n) is 9.67. The number of carbonyl (C=O) groups excluding carboxylic acids is 1. The van der Waals surface area contributed by atoms with Crippen molar-refractivity contribution in [2.45, 2.75) is 71.3 Å². The molecule has 0 aromatic heterocycles. The van der Waals surface area contributed by atoms with Crippen LogP contribution in [-0.2, 0) is 4.79 Å². The highest BCUT2D eigenvalue weighted by Crippen LogP contribution is 2.61. The first-order valence-corrected chi connectivity index (χ1v) is 9.44. The van der Waals surface area contributed by atoms with Crippen LogP contribution in [0.2, 0.25) is 0 Å². The van der Waals surface area contributed by atoms with Gasteiger partial charge in [0.25, 0.3) is 0 Å². The maximum atomic E-state index is 12.8. The first kappa shape index (κ1) is 15.0. The fraction of sp³-hybridized carbons (Fsp3) is 0.947. The van der Waals surface area contributed by atoms with Gasteiger partial charge in [0.05, 0.1) is 0 Å². The number of hydrogen-bond acceptors (Lipinski definition) is 2. The Balaban J connectivity index is 1.40. The van der Waals surface area contributed by atoms with Gasteiger partial charge < -0.3 is 10.6 Å². The Kier molecular flexibility index (Phi) is 3.56. The van der Waals surface area contributed by atoms with E-state index < -0.39 is 0 Å². The van der Waals surface area contributed by atoms with E-state index in [1.807, 2.05) is 0 Å². The van der Waals surface area contributed by atoms with Crippen LogP contribution in [0.4, 0.5) is 0 Å². The summed E-state index contributed by atoms with van der Waals surface area (Å²) >= 11 is 0. The molecule has 0 aromatic rings. The lowest BCUT2D eigenvalue weighted by atomic mass is 9.49. The number of rotatable bonds is 3. The van der Waals surface area contributed by atoms with E-state index in [2.05, 4.69) is 24.5 Å². The number of nitrogens with one attached hydrogen (secondary N) is 2. The number of piperidine rings is 1. The molecule has 1 amide bonds. The summed E-state index contributed by atoms with van der Waals surface area (Å²) in [5.74, 6) is 3.15. The van der Waals surface area contributed by atoms with Crippen molar-refractivity contribution in [3.05, 3.63) is 0 Å². The van der Waals surface area contributed by atoms with Gasteiger partial charge in [0.2, 0.25) is 5.91 Å². The molecule has 5 rings (SSSR count). The molecule has 0 radical (unpaired) electrons. The minimum Gasteiger partial charge on any atom is -0.353 e. The number of hydrogen-bond donors (Lipinski definition) is 2. The van der Waals surface area contributed by atoms with Gasteiger partial charge in [-0.05, 0) is 80.1 Å². The lowest BCUT2D eigenvalue weighted by Gasteiger charge is -2.56. The molecule has 4 bridgehead atoms. The van der Waals surface area contributed by atoms with E-state index in [4.69, 9.17) is 0 Å². The fourth-order valence-corrected chi connectivity index (χ4v) is 6.53. The Morgan fingerprint density at radius 3 is 2.23 bits per heavy atom. The Morgan fingerprint density at radius 2 is 1.68 bits per heavy atom. The van der Waals surface area contributed by atoms with Crippen LogP contribution in [0.15, 0.2) is 0 Å². The van der Waals surface area contributed by atoms with Crippen molar-refractivity contribution in [1.82, 2.24) is 10.6 Å². The third-order valence-electron chi connectivity index (χ3n) is 7.17. The third kappa shape index (κ3) is 2.70. The van der Waals surface area contributed by atoms with E-state index in [1.165, 1.54) is 38.5 Å². The van der Waals surface area contributed by atoms with Gasteiger partial charge in [-0.25, -0.2) is 0 Å². The van der Waals surface area contributed by atoms with Gasteiger partial charge in [-0.2, -0.15) is 0 Å². The molecule has 3 heteroatoms. The van der Waals surface area contributed by atoms with Gasteiger partial charge in [-0.3, -0.25) is 4.79 Å². The zero-order valence-corrected chi connectivity index (χ0v) is 14.3. The molecule has 124 valence electrons. The Morgan fingerprint density at radius 1 is 1.09 bits per heavy atom. The minimum absolute atomic E-state index is 0.176. The summed E-state index contributed by atoms with van der Waals surface area (Å²) in [6.07, 6.45) is 10.3. The summed E-state index contributed by atoms with van der Waals surface area (Å²) in [5.41, 5.74) is 0.547. The number of carbonyl (C=O) groups is 1. The average Bonchev–Trinajstić information content (AvgIpc) is 2.38. The molecule has 2 N–H and O–H groups in total. The maximum Gasteiger partial charge on any atom is 0.220 e. The molecule has 1 aliphatic heterocycles. The van der Waals surface area contributed by atoms with Gasteiger partial charge >= 0.3 is 0 Å². The molecule has 5 aliphatic rings. The third-order valence-corrected chi connectivity index (χ3v) is 7.17. The standard InChI is InChI=1S/C19H32N2O/c1-18(2)12-20-4-3-16(18)21-17(22)11-19-8-13-5-14(9-19)7-15(6-13)10-19/h13-16,20H,3-12H2,1-2H3,(H,21,22). The van der Waals surface area contributed by atoms with Gasteiger partial charge in [0.1, 0.15) is 0 Å². The van der Waals surface area contributed by atoms with E-state index in [1.54, 1.807) is 0 Å². The van der Waals surface area contributed by atoms with Gasteiger partial charge in [-0.1, -0.05) is 13.8 Å². The monoisotopic (exact) mass is 304 g/mol. The molecule has 4 aliphatic carbocycles. The zero-order chi connectivity index (χ0) is 15.4. The largest absolute Gasteiger partial charge is 0.353 e. The summed E-state index contributed by atoms with van der Waals surface area (Å²) in [4.78, 5) is 12.8. The molecule has 22 heavy (non-hydrogen) atoms. The second kappa shape index (κ2) is 5.22. The molecule has 3 nitrogen and oxygen atoms in total. The first-order chi connectivity index (χ1) is 10.4. The Bertz CT molecular complexity index is 421. The highest BCUT2D eigenvalue weighted by molar-refractivity contribution is 5.77. The summed E-state index contributed by atoms with van der Waals surface area (Å²) in [6, 6.07) is 0.343. The van der Waals surface area contributed by atoms with E-state index in [0.29, 0.717) is 17.4 Å². The molecular weight excluding hydrogens is 272 g/mol. The van der Waals surface area contributed by atoms with E-state index >= 15 is 0 Å². The average molecular weight is 304 g/mol. The molecule has 1 unspecified atom stereocenters. The first-order valence-electron chi connectivity index (χ1n) is 9.44. The lowest BCUT2D eigenvalue weighted by molar-refractivity contribution is -0.131. The summed E-state index contributed by atoms with van der Waals surface area (Å²) in [6.45, 7) is 6.59. The smallest absolute Gasteiger partial charge is 0.220 e. The van der Waals surface area contributed by atoms with E-state index in [0.717, 1.165) is 43.7 Å². The van der Waals surface area contributed by atoms with Crippen molar-refractivity contribution in [1.29, 1.82) is 0 Å². The quantitative estimate of drug-likeness (QED) is 0.841. The van der Waals surface area contributed by atoms with Crippen LogP contribution in [-0.4, -0.2) is 25.0 Å². The molecule has 4 saturated carbocycles. The van der Waals surface area contributed by atoms with Crippen molar-refractivity contribution in [3.8, 4) is 0 Å². The van der Waals surface area contributed by atoms with Crippen molar-refractivity contribution in [2.75, 3.05) is 13.1 Å². The van der Waals surface area contributed by atoms with Gasteiger partial charge in [0, 0.05) is 19.0 Å². The van der Waals surface area contributed by atoms with Crippen LogP contribution >= 0.6 is 0 Å². The predicted molar refractivity (Wildman–Crippen MR) is 88.4 cm³/mol. The molecule has 5 fully saturated rings. The molecule has 1 saturated heterocycles. The highest BCUT2D eigenvalue weighted by Gasteiger charge is 2.51. The van der Waals surface area contributed by atoms with Crippen molar-refractivity contribution in [3.63, 3.8) is 0 Å². The van der Waals surface area contributed by atoms with E-state index in [-0.39, 0.29) is 5.41 Å². The van der Waals surface area contributed by atoms with Gasteiger partial charge in [-0.15, -0.1) is 0 Å². The minimum atomic E-state index is 0.176. The van der Waals surface area contributed by atoms with Crippen LogP contribution in [0.5, 0.6) is 0 Å². The maximum absolute atomic E-state index is 12.8.